The molecule has 3 rings (SSSR count). The SMILES string of the molecule is CCCC(=O)Oc1ccc(C(c2ccc(OC(=O)CCC)cc2)c2ccc(OC(=O)CCC)cc2)cc1. The van der Waals surface area contributed by atoms with Gasteiger partial charge in [0.2, 0.25) is 0 Å². The zero-order valence-electron chi connectivity index (χ0n) is 21.7. The number of ether oxygens (including phenoxy) is 3. The average Bonchev–Trinajstić information content (AvgIpc) is 2.88. The van der Waals surface area contributed by atoms with Gasteiger partial charge >= 0.3 is 17.9 Å². The normalized spacial score (nSPS) is 10.7. The molecule has 37 heavy (non-hydrogen) atoms. The molecule has 3 aromatic rings. The molecule has 6 nitrogen and oxygen atoms in total. The summed E-state index contributed by atoms with van der Waals surface area (Å²) in [6, 6.07) is 22.3. The summed E-state index contributed by atoms with van der Waals surface area (Å²) >= 11 is 0. The third-order valence-corrected chi connectivity index (χ3v) is 5.70. The Kier molecular flexibility index (Phi) is 10.4. The van der Waals surface area contributed by atoms with Crippen molar-refractivity contribution in [3.05, 3.63) is 89.5 Å². The van der Waals surface area contributed by atoms with Crippen molar-refractivity contribution in [1.29, 1.82) is 0 Å². The van der Waals surface area contributed by atoms with E-state index in [4.69, 9.17) is 14.2 Å². The Labute approximate surface area is 218 Å². The molecule has 0 aliphatic rings. The highest BCUT2D eigenvalue weighted by molar-refractivity contribution is 5.73. The molecule has 0 heterocycles. The number of esters is 3. The van der Waals surface area contributed by atoms with E-state index in [0.717, 1.165) is 36.0 Å². The fourth-order valence-corrected chi connectivity index (χ4v) is 3.92. The summed E-state index contributed by atoms with van der Waals surface area (Å²) in [6.45, 7) is 5.79. The molecule has 0 unspecified atom stereocenters. The van der Waals surface area contributed by atoms with Gasteiger partial charge in [-0.1, -0.05) is 57.2 Å². The van der Waals surface area contributed by atoms with Crippen LogP contribution in [0.25, 0.3) is 0 Å². The second kappa shape index (κ2) is 14.0. The molecule has 3 aromatic carbocycles. The maximum atomic E-state index is 11.9. The van der Waals surface area contributed by atoms with E-state index < -0.39 is 0 Å². The molecule has 0 aromatic heterocycles. The van der Waals surface area contributed by atoms with Crippen LogP contribution in [0.2, 0.25) is 0 Å². The number of carbonyl (C=O) groups excluding carboxylic acids is 3. The minimum atomic E-state index is -0.256. The summed E-state index contributed by atoms with van der Waals surface area (Å²) in [5.41, 5.74) is 2.96. The summed E-state index contributed by atoms with van der Waals surface area (Å²) in [6.07, 6.45) is 3.30. The van der Waals surface area contributed by atoms with Crippen molar-refractivity contribution in [2.24, 2.45) is 0 Å². The molecule has 0 atom stereocenters. The van der Waals surface area contributed by atoms with Crippen LogP contribution in [0.15, 0.2) is 72.8 Å². The molecule has 0 saturated carbocycles. The predicted octanol–water partition coefficient (Wildman–Crippen LogP) is 6.98. The molecule has 0 bridgehead atoms. The fourth-order valence-electron chi connectivity index (χ4n) is 3.92. The predicted molar refractivity (Wildman–Crippen MR) is 142 cm³/mol. The van der Waals surface area contributed by atoms with Crippen LogP contribution in [0.5, 0.6) is 17.2 Å². The number of benzene rings is 3. The fraction of sp³-hybridized carbons (Fsp3) is 0.323. The zero-order valence-corrected chi connectivity index (χ0v) is 21.7. The van der Waals surface area contributed by atoms with Crippen LogP contribution in [0.3, 0.4) is 0 Å². The first kappa shape index (κ1) is 27.7. The van der Waals surface area contributed by atoms with Crippen molar-refractivity contribution in [2.75, 3.05) is 0 Å². The van der Waals surface area contributed by atoms with E-state index in [-0.39, 0.29) is 23.8 Å². The lowest BCUT2D eigenvalue weighted by atomic mass is 9.85. The van der Waals surface area contributed by atoms with Gasteiger partial charge in [-0.2, -0.15) is 0 Å². The molecular weight excluding hydrogens is 468 g/mol. The molecule has 0 aliphatic carbocycles. The minimum Gasteiger partial charge on any atom is -0.427 e. The Hall–Kier alpha value is -3.93. The van der Waals surface area contributed by atoms with Crippen LogP contribution in [0.1, 0.15) is 81.9 Å². The maximum Gasteiger partial charge on any atom is 0.311 e. The molecule has 0 spiro atoms. The Morgan fingerprint density at radius 2 is 0.730 bits per heavy atom. The monoisotopic (exact) mass is 502 g/mol. The number of hydrogen-bond donors (Lipinski definition) is 0. The third-order valence-electron chi connectivity index (χ3n) is 5.70. The van der Waals surface area contributed by atoms with Crippen LogP contribution in [0.4, 0.5) is 0 Å². The number of carbonyl (C=O) groups is 3. The van der Waals surface area contributed by atoms with Crippen molar-refractivity contribution in [3.8, 4) is 17.2 Å². The van der Waals surface area contributed by atoms with Gasteiger partial charge in [0, 0.05) is 25.2 Å². The Bertz CT molecular complexity index is 1010. The van der Waals surface area contributed by atoms with Gasteiger partial charge in [-0.05, 0) is 72.4 Å². The van der Waals surface area contributed by atoms with Crippen molar-refractivity contribution in [2.45, 2.75) is 65.2 Å². The average molecular weight is 503 g/mol. The van der Waals surface area contributed by atoms with E-state index in [1.807, 2.05) is 57.2 Å². The Balaban J connectivity index is 1.89. The lowest BCUT2D eigenvalue weighted by Gasteiger charge is -2.20. The smallest absolute Gasteiger partial charge is 0.311 e. The molecule has 6 heteroatoms. The van der Waals surface area contributed by atoms with Gasteiger partial charge in [0.25, 0.3) is 0 Å². The van der Waals surface area contributed by atoms with E-state index in [2.05, 4.69) is 0 Å². The van der Waals surface area contributed by atoms with Crippen LogP contribution < -0.4 is 14.2 Å². The standard InChI is InChI=1S/C31H34O6/c1-4-7-28(32)35-25-16-10-22(11-17-25)31(23-12-18-26(19-13-23)36-29(33)8-5-2)24-14-20-27(21-15-24)37-30(34)9-6-3/h10-21,31H,4-9H2,1-3H3. The molecule has 0 radical (unpaired) electrons. The lowest BCUT2D eigenvalue weighted by molar-refractivity contribution is -0.135. The first-order valence-corrected chi connectivity index (χ1v) is 12.8. The van der Waals surface area contributed by atoms with Gasteiger partial charge in [-0.3, -0.25) is 14.4 Å². The molecule has 0 fully saturated rings. The topological polar surface area (TPSA) is 78.9 Å². The zero-order chi connectivity index (χ0) is 26.6. The van der Waals surface area contributed by atoms with Crippen LogP contribution >= 0.6 is 0 Å². The number of hydrogen-bond acceptors (Lipinski definition) is 6. The van der Waals surface area contributed by atoms with E-state index in [9.17, 15) is 14.4 Å². The largest absolute Gasteiger partial charge is 0.427 e. The first-order chi connectivity index (χ1) is 17.9. The summed E-state index contributed by atoms with van der Waals surface area (Å²) in [4.78, 5) is 35.6. The lowest BCUT2D eigenvalue weighted by Crippen LogP contribution is -2.09. The number of rotatable bonds is 12. The second-order valence-electron chi connectivity index (χ2n) is 8.81. The van der Waals surface area contributed by atoms with Gasteiger partial charge in [0.1, 0.15) is 17.2 Å². The van der Waals surface area contributed by atoms with Gasteiger partial charge < -0.3 is 14.2 Å². The summed E-state index contributed by atoms with van der Waals surface area (Å²) in [7, 11) is 0. The summed E-state index contributed by atoms with van der Waals surface area (Å²) in [5.74, 6) is 0.572. The maximum absolute atomic E-state index is 11.9. The van der Waals surface area contributed by atoms with Gasteiger partial charge in [-0.15, -0.1) is 0 Å². The second-order valence-corrected chi connectivity index (χ2v) is 8.81. The van der Waals surface area contributed by atoms with Crippen LogP contribution in [-0.2, 0) is 14.4 Å². The van der Waals surface area contributed by atoms with Crippen molar-refractivity contribution >= 4 is 17.9 Å². The highest BCUT2D eigenvalue weighted by Crippen LogP contribution is 2.34. The highest BCUT2D eigenvalue weighted by Gasteiger charge is 2.18. The van der Waals surface area contributed by atoms with Crippen molar-refractivity contribution in [1.82, 2.24) is 0 Å². The first-order valence-electron chi connectivity index (χ1n) is 12.8. The van der Waals surface area contributed by atoms with Crippen molar-refractivity contribution < 1.29 is 28.6 Å². The van der Waals surface area contributed by atoms with Gasteiger partial charge in [0.05, 0.1) is 0 Å². The summed E-state index contributed by atoms with van der Waals surface area (Å²) in [5, 5.41) is 0. The van der Waals surface area contributed by atoms with Gasteiger partial charge in [-0.25, -0.2) is 0 Å². The molecule has 194 valence electrons. The van der Waals surface area contributed by atoms with E-state index >= 15 is 0 Å². The van der Waals surface area contributed by atoms with E-state index in [1.54, 1.807) is 36.4 Å². The summed E-state index contributed by atoms with van der Waals surface area (Å²) < 4.78 is 16.2. The van der Waals surface area contributed by atoms with Crippen LogP contribution in [0, 0.1) is 0 Å². The minimum absolute atomic E-state index is 0.152. The van der Waals surface area contributed by atoms with Crippen LogP contribution in [-0.4, -0.2) is 17.9 Å². The molecular formula is C31H34O6. The molecule has 0 saturated heterocycles. The molecule has 0 amide bonds. The molecule has 0 N–H and O–H groups in total. The Morgan fingerprint density at radius 1 is 0.486 bits per heavy atom. The Morgan fingerprint density at radius 3 is 0.946 bits per heavy atom. The van der Waals surface area contributed by atoms with E-state index in [0.29, 0.717) is 36.5 Å². The highest BCUT2D eigenvalue weighted by atomic mass is 16.5. The third kappa shape index (κ3) is 8.31. The quantitative estimate of drug-likeness (QED) is 0.151. The van der Waals surface area contributed by atoms with Crippen molar-refractivity contribution in [3.63, 3.8) is 0 Å². The van der Waals surface area contributed by atoms with Gasteiger partial charge in [0.15, 0.2) is 0 Å². The van der Waals surface area contributed by atoms with E-state index in [1.165, 1.54) is 0 Å². The molecule has 0 aliphatic heterocycles.